The number of hydrogen-bond acceptors (Lipinski definition) is 6. The van der Waals surface area contributed by atoms with E-state index in [0.29, 0.717) is 0 Å². The minimum atomic E-state index is 0.0432. The summed E-state index contributed by atoms with van der Waals surface area (Å²) >= 11 is 0. The number of morpholine rings is 1. The number of nitrogens with zero attached hydrogens (tertiary/aromatic N) is 2. The lowest BCUT2D eigenvalue weighted by molar-refractivity contribution is 0.0385. The molecular weight excluding hydrogens is 256 g/mol. The summed E-state index contributed by atoms with van der Waals surface area (Å²) in [4.78, 5) is 7.18. The fourth-order valence-electron chi connectivity index (χ4n) is 3.21. The van der Waals surface area contributed by atoms with Gasteiger partial charge in [-0.05, 0) is 12.8 Å². The van der Waals surface area contributed by atoms with Crippen LogP contribution in [0.15, 0.2) is 4.99 Å². The van der Waals surface area contributed by atoms with Crippen molar-refractivity contribution >= 4 is 5.84 Å². The number of aliphatic imine (C=N–C) groups is 1. The highest BCUT2D eigenvalue weighted by molar-refractivity contribution is 5.92. The summed E-state index contributed by atoms with van der Waals surface area (Å²) in [7, 11) is 0. The van der Waals surface area contributed by atoms with Crippen molar-refractivity contribution in [1.29, 1.82) is 0 Å². The molecule has 3 aliphatic rings. The van der Waals surface area contributed by atoms with E-state index in [4.69, 9.17) is 14.5 Å². The molecule has 2 N–H and O–H groups in total. The van der Waals surface area contributed by atoms with Crippen molar-refractivity contribution in [2.75, 3.05) is 65.7 Å². The second-order valence-corrected chi connectivity index (χ2v) is 5.73. The highest BCUT2D eigenvalue weighted by Gasteiger charge is 2.38. The topological polar surface area (TPSA) is 58.1 Å². The van der Waals surface area contributed by atoms with Crippen molar-refractivity contribution in [3.05, 3.63) is 0 Å². The fourth-order valence-corrected chi connectivity index (χ4v) is 3.21. The van der Waals surface area contributed by atoms with Gasteiger partial charge in [-0.25, -0.2) is 0 Å². The van der Waals surface area contributed by atoms with Gasteiger partial charge >= 0.3 is 0 Å². The number of hydrogen-bond donors (Lipinski definition) is 2. The zero-order valence-electron chi connectivity index (χ0n) is 12.2. The van der Waals surface area contributed by atoms with Gasteiger partial charge in [0.1, 0.15) is 5.84 Å². The molecule has 6 nitrogen and oxygen atoms in total. The van der Waals surface area contributed by atoms with E-state index in [1.165, 1.54) is 0 Å². The van der Waals surface area contributed by atoms with E-state index >= 15 is 0 Å². The summed E-state index contributed by atoms with van der Waals surface area (Å²) in [6.07, 6.45) is 2.05. The molecule has 1 spiro atoms. The Balaban J connectivity index is 1.50. The monoisotopic (exact) mass is 282 g/mol. The van der Waals surface area contributed by atoms with Gasteiger partial charge in [0.2, 0.25) is 0 Å². The van der Waals surface area contributed by atoms with Gasteiger partial charge in [-0.1, -0.05) is 0 Å². The van der Waals surface area contributed by atoms with Gasteiger partial charge in [0, 0.05) is 45.9 Å². The van der Waals surface area contributed by atoms with Gasteiger partial charge in [-0.2, -0.15) is 0 Å². The van der Waals surface area contributed by atoms with Crippen molar-refractivity contribution in [3.63, 3.8) is 0 Å². The third-order valence-electron chi connectivity index (χ3n) is 4.47. The summed E-state index contributed by atoms with van der Waals surface area (Å²) in [6, 6.07) is 0. The minimum absolute atomic E-state index is 0.0432. The molecule has 0 aliphatic carbocycles. The quantitative estimate of drug-likeness (QED) is 0.728. The number of amidine groups is 1. The second-order valence-electron chi connectivity index (χ2n) is 5.73. The molecule has 0 aromatic carbocycles. The maximum absolute atomic E-state index is 5.50. The first-order valence-corrected chi connectivity index (χ1v) is 7.81. The van der Waals surface area contributed by atoms with Gasteiger partial charge in [-0.15, -0.1) is 0 Å². The highest BCUT2D eigenvalue weighted by Crippen LogP contribution is 2.23. The molecule has 114 valence electrons. The first-order chi connectivity index (χ1) is 9.89. The minimum Gasteiger partial charge on any atom is -0.381 e. The van der Waals surface area contributed by atoms with Crippen LogP contribution >= 0.6 is 0 Å². The lowest BCUT2D eigenvalue weighted by Gasteiger charge is -2.41. The van der Waals surface area contributed by atoms with E-state index in [2.05, 4.69) is 15.5 Å². The Morgan fingerprint density at radius 1 is 1.15 bits per heavy atom. The van der Waals surface area contributed by atoms with E-state index in [1.807, 2.05) is 0 Å². The second kappa shape index (κ2) is 6.85. The van der Waals surface area contributed by atoms with Gasteiger partial charge in [0.25, 0.3) is 0 Å². The summed E-state index contributed by atoms with van der Waals surface area (Å²) in [5, 5.41) is 7.24. The molecule has 0 unspecified atom stereocenters. The first-order valence-electron chi connectivity index (χ1n) is 7.81. The summed E-state index contributed by atoms with van der Waals surface area (Å²) in [5.74, 6) is 1.15. The molecule has 2 saturated heterocycles. The lowest BCUT2D eigenvalue weighted by atomic mass is 9.87. The number of rotatable bonds is 3. The molecule has 0 aromatic rings. The molecule has 0 aromatic heterocycles. The van der Waals surface area contributed by atoms with Crippen LogP contribution in [0.25, 0.3) is 0 Å². The molecule has 0 atom stereocenters. The third-order valence-corrected chi connectivity index (χ3v) is 4.47. The van der Waals surface area contributed by atoms with Crippen molar-refractivity contribution in [2.24, 2.45) is 4.99 Å². The Morgan fingerprint density at radius 2 is 1.90 bits per heavy atom. The van der Waals surface area contributed by atoms with Gasteiger partial charge < -0.3 is 20.1 Å². The predicted molar refractivity (Wildman–Crippen MR) is 78.4 cm³/mol. The maximum Gasteiger partial charge on any atom is 0.117 e. The van der Waals surface area contributed by atoms with Gasteiger partial charge in [-0.3, -0.25) is 9.89 Å². The van der Waals surface area contributed by atoms with Crippen LogP contribution < -0.4 is 10.6 Å². The van der Waals surface area contributed by atoms with Crippen LogP contribution in [0.2, 0.25) is 0 Å². The van der Waals surface area contributed by atoms with Gasteiger partial charge in [0.15, 0.2) is 0 Å². The normalized spacial score (nSPS) is 27.3. The smallest absolute Gasteiger partial charge is 0.117 e. The lowest BCUT2D eigenvalue weighted by Crippen LogP contribution is -2.63. The zero-order chi connectivity index (χ0) is 13.7. The first kappa shape index (κ1) is 14.3. The molecule has 0 saturated carbocycles. The SMILES string of the molecule is C1CNC2(CCOCC2)C(NCCN2CCOCC2)=N1. The Bertz CT molecular complexity index is 336. The molecule has 3 heterocycles. The average molecular weight is 282 g/mol. The molecule has 0 amide bonds. The summed E-state index contributed by atoms with van der Waals surface area (Å²) in [6.45, 7) is 9.37. The van der Waals surface area contributed by atoms with Crippen molar-refractivity contribution in [2.45, 2.75) is 18.4 Å². The molecule has 20 heavy (non-hydrogen) atoms. The van der Waals surface area contributed by atoms with E-state index in [0.717, 1.165) is 84.4 Å². The van der Waals surface area contributed by atoms with Crippen LogP contribution in [0.5, 0.6) is 0 Å². The predicted octanol–water partition coefficient (Wildman–Crippen LogP) is -0.541. The van der Waals surface area contributed by atoms with Crippen molar-refractivity contribution in [3.8, 4) is 0 Å². The standard InChI is InChI=1S/C14H26N4O2/c1-9-19-10-2-14(1)13(15-3-4-17-14)16-5-6-18-7-11-20-12-8-18/h17H,1-12H2,(H,15,16). The summed E-state index contributed by atoms with van der Waals surface area (Å²) < 4.78 is 10.9. The van der Waals surface area contributed by atoms with Crippen LogP contribution in [0.4, 0.5) is 0 Å². The Hall–Kier alpha value is -0.690. The largest absolute Gasteiger partial charge is 0.381 e. The highest BCUT2D eigenvalue weighted by atomic mass is 16.5. The van der Waals surface area contributed by atoms with Crippen LogP contribution in [0.3, 0.4) is 0 Å². The van der Waals surface area contributed by atoms with Crippen LogP contribution in [-0.4, -0.2) is 82.0 Å². The molecule has 3 rings (SSSR count). The third kappa shape index (κ3) is 3.31. The maximum atomic E-state index is 5.50. The number of ether oxygens (including phenoxy) is 2. The van der Waals surface area contributed by atoms with Crippen LogP contribution in [0, 0.1) is 0 Å². The summed E-state index contributed by atoms with van der Waals surface area (Å²) in [5.41, 5.74) is 0.0432. The molecule has 0 bridgehead atoms. The fraction of sp³-hybridized carbons (Fsp3) is 0.929. The van der Waals surface area contributed by atoms with Gasteiger partial charge in [0.05, 0.1) is 25.3 Å². The number of nitrogens with one attached hydrogen (secondary N) is 2. The van der Waals surface area contributed by atoms with Crippen molar-refractivity contribution < 1.29 is 9.47 Å². The molecule has 2 fully saturated rings. The van der Waals surface area contributed by atoms with Crippen LogP contribution in [-0.2, 0) is 9.47 Å². The average Bonchev–Trinajstić information content (AvgIpc) is 2.51. The van der Waals surface area contributed by atoms with E-state index < -0.39 is 0 Å². The van der Waals surface area contributed by atoms with E-state index in [-0.39, 0.29) is 5.54 Å². The Kier molecular flexibility index (Phi) is 4.88. The molecule has 6 heteroatoms. The zero-order valence-corrected chi connectivity index (χ0v) is 12.2. The Morgan fingerprint density at radius 3 is 2.70 bits per heavy atom. The van der Waals surface area contributed by atoms with E-state index in [9.17, 15) is 0 Å². The molecule has 0 radical (unpaired) electrons. The van der Waals surface area contributed by atoms with Crippen LogP contribution in [0.1, 0.15) is 12.8 Å². The van der Waals surface area contributed by atoms with E-state index in [1.54, 1.807) is 0 Å². The van der Waals surface area contributed by atoms with Crippen molar-refractivity contribution in [1.82, 2.24) is 15.5 Å². The molecule has 3 aliphatic heterocycles. The molecular formula is C14H26N4O2. The Labute approximate surface area is 120 Å².